The topological polar surface area (TPSA) is 97.1 Å². The van der Waals surface area contributed by atoms with Gasteiger partial charge in [-0.25, -0.2) is 9.48 Å². The van der Waals surface area contributed by atoms with Crippen molar-refractivity contribution in [1.82, 2.24) is 20.3 Å². The van der Waals surface area contributed by atoms with E-state index in [1.54, 1.807) is 11.3 Å². The van der Waals surface area contributed by atoms with E-state index in [-0.39, 0.29) is 5.69 Å². The van der Waals surface area contributed by atoms with E-state index in [0.29, 0.717) is 6.54 Å². The van der Waals surface area contributed by atoms with Crippen molar-refractivity contribution in [2.45, 2.75) is 25.9 Å². The number of hydrogen-bond acceptors (Lipinski definition) is 5. The average molecular weight is 294 g/mol. The van der Waals surface area contributed by atoms with Crippen LogP contribution >= 0.6 is 11.3 Å². The number of thiophene rings is 1. The second-order valence-corrected chi connectivity index (χ2v) is 5.80. The van der Waals surface area contributed by atoms with E-state index < -0.39 is 17.4 Å². The van der Waals surface area contributed by atoms with Crippen LogP contribution in [0.4, 0.5) is 0 Å². The lowest BCUT2D eigenvalue weighted by atomic mass is 10.1. The third kappa shape index (κ3) is 3.21. The Morgan fingerprint density at radius 1 is 1.50 bits per heavy atom. The van der Waals surface area contributed by atoms with Crippen molar-refractivity contribution in [3.05, 3.63) is 34.3 Å². The van der Waals surface area contributed by atoms with Crippen molar-refractivity contribution < 1.29 is 14.7 Å². The molecule has 2 heterocycles. The first kappa shape index (κ1) is 14.2. The first-order chi connectivity index (χ1) is 9.38. The minimum Gasteiger partial charge on any atom is -0.480 e. The molecule has 2 N–H and O–H groups in total. The second-order valence-electron chi connectivity index (χ2n) is 4.77. The summed E-state index contributed by atoms with van der Waals surface area (Å²) in [7, 11) is 0. The Balaban J connectivity index is 2.05. The van der Waals surface area contributed by atoms with Gasteiger partial charge in [-0.3, -0.25) is 4.79 Å². The molecule has 0 bridgehead atoms. The fraction of sp³-hybridized carbons (Fsp3) is 0.333. The second kappa shape index (κ2) is 5.41. The first-order valence-corrected chi connectivity index (χ1v) is 6.75. The van der Waals surface area contributed by atoms with Crippen LogP contribution < -0.4 is 5.32 Å². The van der Waals surface area contributed by atoms with Gasteiger partial charge in [0.1, 0.15) is 5.54 Å². The number of rotatable bonds is 5. The average Bonchev–Trinajstić information content (AvgIpc) is 3.00. The van der Waals surface area contributed by atoms with Gasteiger partial charge in [-0.05, 0) is 25.3 Å². The Morgan fingerprint density at radius 3 is 2.85 bits per heavy atom. The van der Waals surface area contributed by atoms with Crippen molar-refractivity contribution >= 4 is 23.2 Å². The lowest BCUT2D eigenvalue weighted by Gasteiger charge is -2.19. The van der Waals surface area contributed by atoms with Gasteiger partial charge in [0.25, 0.3) is 5.91 Å². The number of hydrogen-bond donors (Lipinski definition) is 2. The number of nitrogens with one attached hydrogen (secondary N) is 1. The predicted molar refractivity (Wildman–Crippen MR) is 72.6 cm³/mol. The van der Waals surface area contributed by atoms with Crippen LogP contribution in [0.3, 0.4) is 0 Å². The van der Waals surface area contributed by atoms with E-state index in [4.69, 9.17) is 5.11 Å². The predicted octanol–water partition coefficient (Wildman–Crippen LogP) is 0.981. The lowest BCUT2D eigenvalue weighted by Crippen LogP contribution is -2.49. The molecule has 7 nitrogen and oxygen atoms in total. The Kier molecular flexibility index (Phi) is 3.84. The number of aliphatic carboxylic acids is 1. The number of nitrogens with zero attached hydrogens (tertiary/aromatic N) is 3. The molecule has 0 aliphatic heterocycles. The molecule has 0 aliphatic carbocycles. The van der Waals surface area contributed by atoms with Gasteiger partial charge in [-0.2, -0.15) is 0 Å². The standard InChI is InChI=1S/C12H14N4O3S/c1-12(2,11(18)19)13-10(17)9-7-16(15-14-9)6-8-4-3-5-20-8/h3-5,7H,6H2,1-2H3,(H,13,17)(H,18,19). The highest BCUT2D eigenvalue weighted by Crippen LogP contribution is 2.10. The highest BCUT2D eigenvalue weighted by Gasteiger charge is 2.30. The summed E-state index contributed by atoms with van der Waals surface area (Å²) in [5.74, 6) is -1.67. The van der Waals surface area contributed by atoms with Crippen molar-refractivity contribution in [1.29, 1.82) is 0 Å². The molecule has 8 heteroatoms. The van der Waals surface area contributed by atoms with Crippen molar-refractivity contribution in [3.8, 4) is 0 Å². The van der Waals surface area contributed by atoms with Gasteiger partial charge >= 0.3 is 5.97 Å². The summed E-state index contributed by atoms with van der Waals surface area (Å²) >= 11 is 1.58. The van der Waals surface area contributed by atoms with Gasteiger partial charge in [-0.15, -0.1) is 16.4 Å². The summed E-state index contributed by atoms with van der Waals surface area (Å²) in [6, 6.07) is 3.89. The summed E-state index contributed by atoms with van der Waals surface area (Å²) in [5, 5.41) is 20.9. The summed E-state index contributed by atoms with van der Waals surface area (Å²) in [6.07, 6.45) is 1.49. The zero-order valence-electron chi connectivity index (χ0n) is 11.0. The largest absolute Gasteiger partial charge is 0.480 e. The van der Waals surface area contributed by atoms with Gasteiger partial charge in [0.15, 0.2) is 5.69 Å². The Hall–Kier alpha value is -2.22. The first-order valence-electron chi connectivity index (χ1n) is 5.87. The molecule has 106 valence electrons. The SMILES string of the molecule is CC(C)(NC(=O)c1cn(Cc2cccs2)nn1)C(=O)O. The van der Waals surface area contributed by atoms with Crippen molar-refractivity contribution in [2.24, 2.45) is 0 Å². The zero-order valence-corrected chi connectivity index (χ0v) is 11.8. The van der Waals surface area contributed by atoms with Crippen LogP contribution in [0.25, 0.3) is 0 Å². The fourth-order valence-corrected chi connectivity index (χ4v) is 2.14. The van der Waals surface area contributed by atoms with Gasteiger partial charge in [0.2, 0.25) is 0 Å². The number of carbonyl (C=O) groups excluding carboxylic acids is 1. The molecule has 20 heavy (non-hydrogen) atoms. The molecule has 0 saturated heterocycles. The Bertz CT molecular complexity index is 618. The van der Waals surface area contributed by atoms with Gasteiger partial charge in [0, 0.05) is 4.88 Å². The summed E-state index contributed by atoms with van der Waals surface area (Å²) in [6.45, 7) is 3.34. The minimum atomic E-state index is -1.35. The van der Waals surface area contributed by atoms with Crippen LogP contribution in [0.5, 0.6) is 0 Å². The highest BCUT2D eigenvalue weighted by atomic mass is 32.1. The van der Waals surface area contributed by atoms with Crippen LogP contribution in [0.2, 0.25) is 0 Å². The van der Waals surface area contributed by atoms with E-state index in [1.165, 1.54) is 24.7 Å². The van der Waals surface area contributed by atoms with E-state index in [2.05, 4.69) is 15.6 Å². The lowest BCUT2D eigenvalue weighted by molar-refractivity contribution is -0.143. The molecule has 0 aliphatic rings. The smallest absolute Gasteiger partial charge is 0.328 e. The van der Waals surface area contributed by atoms with Crippen molar-refractivity contribution in [3.63, 3.8) is 0 Å². The molecule has 0 fully saturated rings. The van der Waals surface area contributed by atoms with E-state index in [9.17, 15) is 9.59 Å². The van der Waals surface area contributed by atoms with Crippen molar-refractivity contribution in [2.75, 3.05) is 0 Å². The summed E-state index contributed by atoms with van der Waals surface area (Å²) in [5.41, 5.74) is -1.26. The molecule has 0 atom stereocenters. The normalized spacial score (nSPS) is 11.3. The zero-order chi connectivity index (χ0) is 14.8. The molecule has 0 aromatic carbocycles. The Labute approximate surface area is 119 Å². The maximum atomic E-state index is 11.9. The number of carboxylic acids is 1. The highest BCUT2D eigenvalue weighted by molar-refractivity contribution is 7.09. The maximum absolute atomic E-state index is 11.9. The maximum Gasteiger partial charge on any atom is 0.328 e. The molecule has 0 saturated carbocycles. The quantitative estimate of drug-likeness (QED) is 0.856. The number of aromatic nitrogens is 3. The molecular formula is C12H14N4O3S. The summed E-state index contributed by atoms with van der Waals surface area (Å²) < 4.78 is 1.54. The molecule has 0 radical (unpaired) electrons. The molecule has 0 unspecified atom stereocenters. The van der Waals surface area contributed by atoms with Crippen LogP contribution in [0, 0.1) is 0 Å². The van der Waals surface area contributed by atoms with Gasteiger partial charge in [-0.1, -0.05) is 11.3 Å². The van der Waals surface area contributed by atoms with E-state index in [0.717, 1.165) is 4.88 Å². The number of amides is 1. The van der Waals surface area contributed by atoms with Gasteiger partial charge in [0.05, 0.1) is 12.7 Å². The minimum absolute atomic E-state index is 0.0934. The third-order valence-electron chi connectivity index (χ3n) is 2.63. The molecule has 1 amide bonds. The van der Waals surface area contributed by atoms with E-state index in [1.807, 2.05) is 17.5 Å². The monoisotopic (exact) mass is 294 g/mol. The Morgan fingerprint density at radius 2 is 2.25 bits per heavy atom. The van der Waals surface area contributed by atoms with Gasteiger partial charge < -0.3 is 10.4 Å². The van der Waals surface area contributed by atoms with Crippen LogP contribution in [0.15, 0.2) is 23.7 Å². The summed E-state index contributed by atoms with van der Waals surface area (Å²) in [4.78, 5) is 23.9. The van der Waals surface area contributed by atoms with E-state index >= 15 is 0 Å². The van der Waals surface area contributed by atoms with Crippen LogP contribution in [-0.2, 0) is 11.3 Å². The fourth-order valence-electron chi connectivity index (χ4n) is 1.44. The number of carbonyl (C=O) groups is 2. The van der Waals surface area contributed by atoms with Crippen LogP contribution in [-0.4, -0.2) is 37.5 Å². The number of carboxylic acid groups (broad SMARTS) is 1. The molecular weight excluding hydrogens is 280 g/mol. The van der Waals surface area contributed by atoms with Crippen LogP contribution in [0.1, 0.15) is 29.2 Å². The molecule has 2 aromatic heterocycles. The molecule has 2 aromatic rings. The molecule has 2 rings (SSSR count). The molecule has 0 spiro atoms. The third-order valence-corrected chi connectivity index (χ3v) is 3.49.